The number of rotatable bonds is 6. The van der Waals surface area contributed by atoms with Crippen LogP contribution in [0.3, 0.4) is 0 Å². The van der Waals surface area contributed by atoms with Crippen LogP contribution in [0.15, 0.2) is 0 Å². The van der Waals surface area contributed by atoms with Gasteiger partial charge in [-0.2, -0.15) is 0 Å². The van der Waals surface area contributed by atoms with E-state index in [9.17, 15) is 0 Å². The molecule has 0 aliphatic heterocycles. The van der Waals surface area contributed by atoms with E-state index in [0.717, 1.165) is 0 Å². The number of nitrogens with zero attached hydrogens (tertiary/aromatic N) is 1. The third kappa shape index (κ3) is 8.28. The van der Waals surface area contributed by atoms with E-state index >= 15 is 0 Å². The van der Waals surface area contributed by atoms with Crippen LogP contribution in [0.5, 0.6) is 0 Å². The quantitative estimate of drug-likeness (QED) is 0.405. The van der Waals surface area contributed by atoms with E-state index in [1.165, 1.54) is 0 Å². The van der Waals surface area contributed by atoms with Gasteiger partial charge in [-0.3, -0.25) is 4.90 Å². The molecule has 0 spiro atoms. The zero-order valence-corrected chi connectivity index (χ0v) is 7.76. The summed E-state index contributed by atoms with van der Waals surface area (Å²) >= 11 is 0. The van der Waals surface area contributed by atoms with Crippen molar-refractivity contribution in [3.8, 4) is 0 Å². The molecule has 0 aromatic rings. The van der Waals surface area contributed by atoms with Gasteiger partial charge in [-0.15, -0.1) is 0 Å². The predicted molar refractivity (Wildman–Crippen MR) is 43.5 cm³/mol. The molecule has 0 heterocycles. The average Bonchev–Trinajstić information content (AvgIpc) is 1.90. The van der Waals surface area contributed by atoms with Crippen LogP contribution in [-0.2, 0) is 0 Å². The van der Waals surface area contributed by atoms with Crippen molar-refractivity contribution in [2.45, 2.75) is 0 Å². The van der Waals surface area contributed by atoms with Gasteiger partial charge in [-0.05, 0) is 0 Å². The van der Waals surface area contributed by atoms with E-state index in [-0.39, 0.29) is 37.2 Å². The fourth-order valence-corrected chi connectivity index (χ4v) is 0.760. The Labute approximate surface area is 77.6 Å². The Bertz CT molecular complexity index is 60.6. The minimum Gasteiger partial charge on any atom is -0.395 e. The molecule has 0 fully saturated rings. The molecular weight excluding hydrogens is 161 g/mol. The molecule has 0 aliphatic rings. The van der Waals surface area contributed by atoms with Crippen LogP contribution in [-0.4, -0.2) is 77.0 Å². The van der Waals surface area contributed by atoms with E-state index < -0.39 is 0 Å². The first-order valence-corrected chi connectivity index (χ1v) is 3.40. The van der Waals surface area contributed by atoms with Gasteiger partial charge in [0, 0.05) is 19.6 Å². The van der Waals surface area contributed by atoms with Gasteiger partial charge in [0.2, 0.25) is 0 Å². The summed E-state index contributed by atoms with van der Waals surface area (Å²) in [6.45, 7) is 1.75. The molecule has 0 saturated carbocycles. The summed E-state index contributed by atoms with van der Waals surface area (Å²) in [6.07, 6.45) is 0. The fraction of sp³-hybridized carbons (Fsp3) is 1.00. The van der Waals surface area contributed by atoms with Gasteiger partial charge in [0.1, 0.15) is 0 Å². The molecule has 11 heavy (non-hydrogen) atoms. The summed E-state index contributed by atoms with van der Waals surface area (Å²) < 4.78 is 0. The van der Waals surface area contributed by atoms with Gasteiger partial charge < -0.3 is 15.3 Å². The van der Waals surface area contributed by atoms with Crippen LogP contribution in [0.4, 0.5) is 0 Å². The van der Waals surface area contributed by atoms with Crippen molar-refractivity contribution in [1.29, 1.82) is 0 Å². The second kappa shape index (κ2) is 10.4. The second-order valence-electron chi connectivity index (χ2n) is 2.01. The van der Waals surface area contributed by atoms with E-state index in [0.29, 0.717) is 19.6 Å². The maximum atomic E-state index is 8.48. The number of hydrogen-bond donors (Lipinski definition) is 3. The molecule has 0 rings (SSSR count). The molecule has 0 saturated heterocycles. The van der Waals surface area contributed by atoms with Crippen LogP contribution in [0.25, 0.3) is 0 Å². The van der Waals surface area contributed by atoms with Gasteiger partial charge in [-0.1, -0.05) is 0 Å². The van der Waals surface area contributed by atoms with E-state index in [2.05, 4.69) is 0 Å². The first kappa shape index (κ1) is 13.9. The van der Waals surface area contributed by atoms with Crippen LogP contribution in [0, 0.1) is 0 Å². The summed E-state index contributed by atoms with van der Waals surface area (Å²) in [5, 5.41) is 25.5. The molecule has 0 radical (unpaired) electrons. The Kier molecular flexibility index (Phi) is 13.1. The largest absolute Gasteiger partial charge is 3.00 e. The van der Waals surface area contributed by atoms with Crippen LogP contribution in [0.2, 0.25) is 0 Å². The zero-order valence-electron chi connectivity index (χ0n) is 6.61. The minimum atomic E-state index is 0. The molecule has 0 atom stereocenters. The van der Waals surface area contributed by atoms with Crippen molar-refractivity contribution >= 4 is 17.4 Å². The Morgan fingerprint density at radius 1 is 0.727 bits per heavy atom. The molecule has 62 valence electrons. The summed E-state index contributed by atoms with van der Waals surface area (Å²) in [5.74, 6) is 0. The van der Waals surface area contributed by atoms with Gasteiger partial charge in [0.25, 0.3) is 0 Å². The number of aliphatic hydroxyl groups is 3. The monoisotopic (exact) mass is 176 g/mol. The molecule has 0 bridgehead atoms. The van der Waals surface area contributed by atoms with Gasteiger partial charge in [0.05, 0.1) is 19.8 Å². The summed E-state index contributed by atoms with van der Waals surface area (Å²) in [6, 6.07) is 0. The van der Waals surface area contributed by atoms with Crippen LogP contribution >= 0.6 is 0 Å². The van der Waals surface area contributed by atoms with Gasteiger partial charge >= 0.3 is 17.4 Å². The van der Waals surface area contributed by atoms with E-state index in [1.54, 1.807) is 4.90 Å². The third-order valence-electron chi connectivity index (χ3n) is 1.25. The Morgan fingerprint density at radius 2 is 1.00 bits per heavy atom. The fourth-order valence-electron chi connectivity index (χ4n) is 0.760. The second-order valence-corrected chi connectivity index (χ2v) is 2.01. The Hall–Kier alpha value is 0.372. The van der Waals surface area contributed by atoms with Crippen LogP contribution < -0.4 is 0 Å². The van der Waals surface area contributed by atoms with Crippen molar-refractivity contribution in [3.05, 3.63) is 0 Å². The Balaban J connectivity index is 0. The minimum absolute atomic E-state index is 0. The Morgan fingerprint density at radius 3 is 1.18 bits per heavy atom. The zero-order chi connectivity index (χ0) is 7.82. The first-order chi connectivity index (χ1) is 4.85. The third-order valence-corrected chi connectivity index (χ3v) is 1.25. The molecule has 3 N–H and O–H groups in total. The summed E-state index contributed by atoms with van der Waals surface area (Å²) in [7, 11) is 0. The SMILES string of the molecule is OCCN(CCO)CCO.[Al+3]. The molecule has 4 nitrogen and oxygen atoms in total. The molecular formula is C6H15AlNO3+3. The molecule has 0 aromatic heterocycles. The van der Waals surface area contributed by atoms with Gasteiger partial charge in [0.15, 0.2) is 0 Å². The molecule has 0 aliphatic carbocycles. The molecule has 0 aromatic carbocycles. The number of hydrogen-bond acceptors (Lipinski definition) is 4. The van der Waals surface area contributed by atoms with Gasteiger partial charge in [-0.25, -0.2) is 0 Å². The topological polar surface area (TPSA) is 63.9 Å². The van der Waals surface area contributed by atoms with Crippen molar-refractivity contribution in [3.63, 3.8) is 0 Å². The normalized spacial score (nSPS) is 9.82. The van der Waals surface area contributed by atoms with Crippen molar-refractivity contribution in [1.82, 2.24) is 4.90 Å². The summed E-state index contributed by atoms with van der Waals surface area (Å²) in [4.78, 5) is 1.79. The average molecular weight is 176 g/mol. The molecule has 5 heteroatoms. The van der Waals surface area contributed by atoms with E-state index in [4.69, 9.17) is 15.3 Å². The van der Waals surface area contributed by atoms with Crippen molar-refractivity contribution in [2.24, 2.45) is 0 Å². The van der Waals surface area contributed by atoms with Crippen LogP contribution in [0.1, 0.15) is 0 Å². The first-order valence-electron chi connectivity index (χ1n) is 3.40. The molecule has 0 amide bonds. The maximum Gasteiger partial charge on any atom is 3.00 e. The van der Waals surface area contributed by atoms with E-state index in [1.807, 2.05) is 0 Å². The predicted octanol–water partition coefficient (Wildman–Crippen LogP) is -2.12. The summed E-state index contributed by atoms with van der Waals surface area (Å²) in [5.41, 5.74) is 0. The number of aliphatic hydroxyl groups excluding tert-OH is 3. The maximum absolute atomic E-state index is 8.48. The smallest absolute Gasteiger partial charge is 0.395 e. The van der Waals surface area contributed by atoms with Crippen molar-refractivity contribution in [2.75, 3.05) is 39.5 Å². The standard InChI is InChI=1S/C6H15NO3.Al/c8-4-1-7(2-5-9)3-6-10;/h8-10H,1-6H2;/q;+3. The van der Waals surface area contributed by atoms with Crippen molar-refractivity contribution < 1.29 is 15.3 Å². The molecule has 0 unspecified atom stereocenters.